The van der Waals surface area contributed by atoms with Gasteiger partial charge in [-0.2, -0.15) is 8.78 Å². The van der Waals surface area contributed by atoms with Gasteiger partial charge in [-0.25, -0.2) is 4.99 Å². The molecule has 0 saturated carbocycles. The Hall–Kier alpha value is -2.51. The largest absolute Gasteiger partial charge is 0.573 e. The quantitative estimate of drug-likeness (QED) is 0.233. The van der Waals surface area contributed by atoms with Crippen LogP contribution < -0.4 is 25.3 Å². The molecule has 0 saturated heterocycles. The van der Waals surface area contributed by atoms with Crippen molar-refractivity contribution in [2.24, 2.45) is 10.7 Å². The van der Waals surface area contributed by atoms with Crippen molar-refractivity contribution >= 4 is 35.6 Å². The zero-order chi connectivity index (χ0) is 20.7. The van der Waals surface area contributed by atoms with E-state index in [4.69, 9.17) is 10.5 Å². The highest BCUT2D eigenvalue weighted by Gasteiger charge is 2.32. The van der Waals surface area contributed by atoms with Gasteiger partial charge in [-0.3, -0.25) is 0 Å². The molecule has 0 atom stereocenters. The van der Waals surface area contributed by atoms with E-state index in [1.807, 2.05) is 0 Å². The zero-order valence-corrected chi connectivity index (χ0v) is 17.2. The first-order chi connectivity index (χ1) is 13.2. The first-order valence-electron chi connectivity index (χ1n) is 7.71. The highest BCUT2D eigenvalue weighted by Crippen LogP contribution is 2.31. The molecule has 0 amide bonds. The number of aliphatic imine (C=N–C) groups is 1. The summed E-state index contributed by atoms with van der Waals surface area (Å²) in [7, 11) is 1.30. The summed E-state index contributed by atoms with van der Waals surface area (Å²) in [5.74, 6) is -0.756. The fourth-order valence-corrected chi connectivity index (χ4v) is 2.15. The van der Waals surface area contributed by atoms with E-state index in [0.717, 1.165) is 6.07 Å². The fraction of sp³-hybridized carbons (Fsp3) is 0.235. The van der Waals surface area contributed by atoms with Crippen molar-refractivity contribution in [2.75, 3.05) is 12.4 Å². The van der Waals surface area contributed by atoms with Crippen LogP contribution in [0.1, 0.15) is 5.56 Å². The molecule has 0 aliphatic heterocycles. The summed E-state index contributed by atoms with van der Waals surface area (Å²) in [6.45, 7) is -3.09. The molecule has 2 aromatic carbocycles. The van der Waals surface area contributed by atoms with Gasteiger partial charge in [0.25, 0.3) is 0 Å². The summed E-state index contributed by atoms with van der Waals surface area (Å²) in [5, 5.41) is 2.50. The van der Waals surface area contributed by atoms with Crippen LogP contribution in [0.5, 0.6) is 17.2 Å². The molecule has 0 aliphatic carbocycles. The summed E-state index contributed by atoms with van der Waals surface area (Å²) in [5.41, 5.74) is 6.10. The predicted molar refractivity (Wildman–Crippen MR) is 107 cm³/mol. The Morgan fingerprint density at radius 1 is 1.10 bits per heavy atom. The number of nitrogens with one attached hydrogen (secondary N) is 1. The van der Waals surface area contributed by atoms with Crippen molar-refractivity contribution in [2.45, 2.75) is 19.5 Å². The van der Waals surface area contributed by atoms with Gasteiger partial charge in [0.2, 0.25) is 0 Å². The van der Waals surface area contributed by atoms with E-state index >= 15 is 0 Å². The van der Waals surface area contributed by atoms with Gasteiger partial charge in [0.15, 0.2) is 23.2 Å². The summed E-state index contributed by atoms with van der Waals surface area (Å²) in [6, 6.07) is 9.54. The number of benzene rings is 2. The van der Waals surface area contributed by atoms with E-state index in [9.17, 15) is 22.0 Å². The van der Waals surface area contributed by atoms with Crippen molar-refractivity contribution in [3.63, 3.8) is 0 Å². The third-order valence-corrected chi connectivity index (χ3v) is 3.25. The Morgan fingerprint density at radius 2 is 1.79 bits per heavy atom. The van der Waals surface area contributed by atoms with Crippen LogP contribution in [-0.4, -0.2) is 26.0 Å². The number of para-hydroxylation sites is 2. The second-order valence-corrected chi connectivity index (χ2v) is 5.23. The minimum atomic E-state index is -4.87. The Kier molecular flexibility index (Phi) is 9.20. The van der Waals surface area contributed by atoms with Gasteiger partial charge in [-0.1, -0.05) is 18.2 Å². The van der Waals surface area contributed by atoms with E-state index in [-0.39, 0.29) is 53.7 Å². The van der Waals surface area contributed by atoms with Crippen molar-refractivity contribution in [1.29, 1.82) is 0 Å². The van der Waals surface area contributed by atoms with E-state index in [0.29, 0.717) is 5.56 Å². The first-order valence-corrected chi connectivity index (χ1v) is 7.71. The van der Waals surface area contributed by atoms with Crippen molar-refractivity contribution in [1.82, 2.24) is 0 Å². The lowest BCUT2D eigenvalue weighted by Gasteiger charge is -2.14. The smallest absolute Gasteiger partial charge is 0.493 e. The van der Waals surface area contributed by atoms with E-state index in [2.05, 4.69) is 19.8 Å². The minimum absolute atomic E-state index is 0. The van der Waals surface area contributed by atoms with Gasteiger partial charge in [0.1, 0.15) is 0 Å². The van der Waals surface area contributed by atoms with Gasteiger partial charge in [-0.05, 0) is 29.8 Å². The minimum Gasteiger partial charge on any atom is -0.493 e. The monoisotopic (exact) mass is 533 g/mol. The number of rotatable bonds is 7. The van der Waals surface area contributed by atoms with Crippen molar-refractivity contribution < 1.29 is 36.2 Å². The second-order valence-electron chi connectivity index (χ2n) is 5.23. The van der Waals surface area contributed by atoms with Crippen LogP contribution >= 0.6 is 24.0 Å². The molecule has 0 spiro atoms. The summed E-state index contributed by atoms with van der Waals surface area (Å²) in [6.07, 6.45) is -4.87. The van der Waals surface area contributed by atoms with Gasteiger partial charge in [-0.15, -0.1) is 37.1 Å². The van der Waals surface area contributed by atoms with E-state index < -0.39 is 18.7 Å². The van der Waals surface area contributed by atoms with Crippen LogP contribution in [0.3, 0.4) is 0 Å². The maximum Gasteiger partial charge on any atom is 0.573 e. The van der Waals surface area contributed by atoms with Crippen LogP contribution in [0.25, 0.3) is 0 Å². The molecule has 0 fully saturated rings. The SMILES string of the molecule is COc1ccc(CN=C(N)Nc2ccccc2OC(F)(F)F)cc1OC(F)F.I. The predicted octanol–water partition coefficient (Wildman–Crippen LogP) is 4.74. The molecule has 0 bridgehead atoms. The number of anilines is 1. The zero-order valence-electron chi connectivity index (χ0n) is 14.9. The summed E-state index contributed by atoms with van der Waals surface area (Å²) in [4.78, 5) is 3.97. The maximum atomic E-state index is 12.5. The Morgan fingerprint density at radius 3 is 2.41 bits per heavy atom. The van der Waals surface area contributed by atoms with Crippen LogP contribution in [-0.2, 0) is 6.54 Å². The highest BCUT2D eigenvalue weighted by atomic mass is 127. The molecule has 0 radical (unpaired) electrons. The Balaban J connectivity index is 0.00000420. The van der Waals surface area contributed by atoms with Gasteiger partial charge in [0.05, 0.1) is 19.3 Å². The number of alkyl halides is 5. The Bertz CT molecular complexity index is 834. The molecule has 0 unspecified atom stereocenters. The summed E-state index contributed by atoms with van der Waals surface area (Å²) >= 11 is 0. The molecule has 3 N–H and O–H groups in total. The number of hydrogen-bond acceptors (Lipinski definition) is 4. The van der Waals surface area contributed by atoms with Crippen molar-refractivity contribution in [3.8, 4) is 17.2 Å². The van der Waals surface area contributed by atoms with Crippen LogP contribution in [0, 0.1) is 0 Å². The third kappa shape index (κ3) is 8.17. The third-order valence-electron chi connectivity index (χ3n) is 3.25. The number of halogens is 6. The van der Waals surface area contributed by atoms with Gasteiger partial charge in [0, 0.05) is 0 Å². The number of guanidine groups is 1. The average molecular weight is 533 g/mol. The van der Waals surface area contributed by atoms with E-state index in [1.165, 1.54) is 37.4 Å². The fourth-order valence-electron chi connectivity index (χ4n) is 2.15. The Labute approximate surface area is 179 Å². The number of methoxy groups -OCH3 is 1. The second kappa shape index (κ2) is 10.9. The molecule has 6 nitrogen and oxygen atoms in total. The number of nitrogens with zero attached hydrogens (tertiary/aromatic N) is 1. The maximum absolute atomic E-state index is 12.5. The molecule has 0 aliphatic rings. The molecular formula is C17H17F5IN3O3. The van der Waals surface area contributed by atoms with Crippen LogP contribution in [0.4, 0.5) is 27.6 Å². The molecule has 29 heavy (non-hydrogen) atoms. The molecule has 12 heteroatoms. The normalized spacial score (nSPS) is 11.6. The van der Waals surface area contributed by atoms with Gasteiger partial charge >= 0.3 is 13.0 Å². The number of nitrogens with two attached hydrogens (primary N) is 1. The number of hydrogen-bond donors (Lipinski definition) is 2. The average Bonchev–Trinajstić information content (AvgIpc) is 2.60. The first kappa shape index (κ1) is 24.5. The summed E-state index contributed by atoms with van der Waals surface area (Å²) < 4.78 is 75.4. The lowest BCUT2D eigenvalue weighted by atomic mass is 10.2. The number of ether oxygens (including phenoxy) is 3. The molecule has 0 aromatic heterocycles. The molecule has 0 heterocycles. The van der Waals surface area contributed by atoms with E-state index in [1.54, 1.807) is 6.07 Å². The van der Waals surface area contributed by atoms with Gasteiger partial charge < -0.3 is 25.3 Å². The molecular weight excluding hydrogens is 516 g/mol. The standard InChI is InChI=1S/C17H16F5N3O3.HI/c1-26-13-7-6-10(8-14(13)27-15(18)19)9-24-16(23)25-11-4-2-3-5-12(11)28-17(20,21)22;/h2-8,15H,9H2,1H3,(H3,23,24,25);1H. The lowest BCUT2D eigenvalue weighted by Crippen LogP contribution is -2.24. The topological polar surface area (TPSA) is 78.1 Å². The molecule has 2 aromatic rings. The lowest BCUT2D eigenvalue weighted by molar-refractivity contribution is -0.274. The molecule has 2 rings (SSSR count). The van der Waals surface area contributed by atoms with Crippen LogP contribution in [0.15, 0.2) is 47.5 Å². The highest BCUT2D eigenvalue weighted by molar-refractivity contribution is 14.0. The van der Waals surface area contributed by atoms with Crippen molar-refractivity contribution in [3.05, 3.63) is 48.0 Å². The van der Waals surface area contributed by atoms with Crippen LogP contribution in [0.2, 0.25) is 0 Å². The molecule has 160 valence electrons.